The van der Waals surface area contributed by atoms with E-state index in [0.717, 1.165) is 15.4 Å². The van der Waals surface area contributed by atoms with E-state index >= 15 is 0 Å². The van der Waals surface area contributed by atoms with Crippen molar-refractivity contribution in [3.05, 3.63) is 56.5 Å². The number of benzene rings is 2. The highest BCUT2D eigenvalue weighted by molar-refractivity contribution is 9.10. The summed E-state index contributed by atoms with van der Waals surface area (Å²) in [7, 11) is 0. The van der Waals surface area contributed by atoms with E-state index in [1.54, 1.807) is 24.4 Å². The lowest BCUT2D eigenvalue weighted by molar-refractivity contribution is 0.457. The molecule has 0 spiro atoms. The average molecular weight is 384 g/mol. The zero-order chi connectivity index (χ0) is 15.0. The molecule has 0 fully saturated rings. The minimum Gasteiger partial charge on any atom is -0.494 e. The van der Waals surface area contributed by atoms with Gasteiger partial charge in [0, 0.05) is 31.6 Å². The lowest BCUT2D eigenvalue weighted by Crippen LogP contribution is -1.79. The van der Waals surface area contributed by atoms with Crippen molar-refractivity contribution in [1.29, 1.82) is 0 Å². The van der Waals surface area contributed by atoms with Crippen molar-refractivity contribution in [3.8, 4) is 5.88 Å². The van der Waals surface area contributed by atoms with Gasteiger partial charge >= 0.3 is 0 Å². The summed E-state index contributed by atoms with van der Waals surface area (Å²) >= 11 is 15.3. The Morgan fingerprint density at radius 3 is 2.52 bits per heavy atom. The first kappa shape index (κ1) is 14.4. The van der Waals surface area contributed by atoms with Crippen LogP contribution in [0.25, 0.3) is 10.9 Å². The number of aliphatic imine (C=N–C) groups is 1. The van der Waals surface area contributed by atoms with Crippen LogP contribution in [-0.2, 0) is 0 Å². The van der Waals surface area contributed by atoms with E-state index in [0.29, 0.717) is 21.3 Å². The van der Waals surface area contributed by atoms with E-state index in [4.69, 9.17) is 23.2 Å². The van der Waals surface area contributed by atoms with Crippen LogP contribution in [0, 0.1) is 0 Å². The predicted octanol–water partition coefficient (Wildman–Crippen LogP) is 5.69. The maximum absolute atomic E-state index is 10.00. The van der Waals surface area contributed by atoms with Gasteiger partial charge in [-0.2, -0.15) is 0 Å². The molecule has 1 heterocycles. The normalized spacial score (nSPS) is 11.6. The molecular weight excluding hydrogens is 375 g/mol. The van der Waals surface area contributed by atoms with Crippen molar-refractivity contribution in [2.45, 2.75) is 0 Å². The molecule has 3 rings (SSSR count). The monoisotopic (exact) mass is 382 g/mol. The maximum atomic E-state index is 10.00. The number of hydrogen-bond acceptors (Lipinski definition) is 2. The van der Waals surface area contributed by atoms with Crippen LogP contribution in [0.2, 0.25) is 10.0 Å². The minimum atomic E-state index is 0.0694. The first-order valence-corrected chi connectivity index (χ1v) is 7.58. The van der Waals surface area contributed by atoms with E-state index < -0.39 is 0 Å². The van der Waals surface area contributed by atoms with Crippen LogP contribution in [-0.4, -0.2) is 16.3 Å². The van der Waals surface area contributed by atoms with Crippen LogP contribution >= 0.6 is 39.1 Å². The molecule has 3 nitrogen and oxygen atoms in total. The fourth-order valence-corrected chi connectivity index (χ4v) is 2.93. The third kappa shape index (κ3) is 3.07. The van der Waals surface area contributed by atoms with Crippen molar-refractivity contribution >= 4 is 61.9 Å². The minimum absolute atomic E-state index is 0.0694. The lowest BCUT2D eigenvalue weighted by atomic mass is 10.2. The van der Waals surface area contributed by atoms with Crippen molar-refractivity contribution < 1.29 is 5.11 Å². The number of aromatic amines is 1. The van der Waals surface area contributed by atoms with Gasteiger partial charge in [-0.1, -0.05) is 39.1 Å². The summed E-state index contributed by atoms with van der Waals surface area (Å²) in [6.07, 6.45) is 1.59. The fraction of sp³-hybridized carbons (Fsp3) is 0. The second-order valence-corrected chi connectivity index (χ2v) is 6.25. The van der Waals surface area contributed by atoms with Gasteiger partial charge in [0.2, 0.25) is 0 Å². The Hall–Kier alpha value is -1.49. The summed E-state index contributed by atoms with van der Waals surface area (Å²) in [5.41, 5.74) is 2.07. The molecule has 2 aromatic carbocycles. The van der Waals surface area contributed by atoms with Crippen molar-refractivity contribution in [3.63, 3.8) is 0 Å². The van der Waals surface area contributed by atoms with E-state index in [-0.39, 0.29) is 5.88 Å². The lowest BCUT2D eigenvalue weighted by Gasteiger charge is -1.97. The molecule has 0 unspecified atom stereocenters. The molecule has 3 aromatic rings. The molecule has 0 atom stereocenters. The van der Waals surface area contributed by atoms with E-state index in [2.05, 4.69) is 25.9 Å². The number of H-pyrrole nitrogens is 1. The number of hydrogen-bond donors (Lipinski definition) is 2. The number of halogens is 3. The Morgan fingerprint density at radius 2 is 1.81 bits per heavy atom. The molecule has 0 radical (unpaired) electrons. The van der Waals surface area contributed by atoms with Gasteiger partial charge in [0.05, 0.1) is 11.3 Å². The van der Waals surface area contributed by atoms with E-state index in [1.165, 1.54) is 0 Å². The molecule has 1 aromatic heterocycles. The van der Waals surface area contributed by atoms with Crippen LogP contribution in [0.15, 0.2) is 45.9 Å². The summed E-state index contributed by atoms with van der Waals surface area (Å²) in [5.74, 6) is 0.0694. The van der Waals surface area contributed by atoms with Crippen LogP contribution in [0.1, 0.15) is 5.56 Å². The summed E-state index contributed by atoms with van der Waals surface area (Å²) in [6.45, 7) is 0. The van der Waals surface area contributed by atoms with Crippen molar-refractivity contribution in [1.82, 2.24) is 4.98 Å². The maximum Gasteiger partial charge on any atom is 0.198 e. The van der Waals surface area contributed by atoms with Gasteiger partial charge in [0.25, 0.3) is 0 Å². The number of aromatic nitrogens is 1. The molecule has 0 bridgehead atoms. The summed E-state index contributed by atoms with van der Waals surface area (Å²) in [6, 6.07) is 10.7. The Kier molecular flexibility index (Phi) is 3.93. The molecule has 0 saturated heterocycles. The topological polar surface area (TPSA) is 48.4 Å². The van der Waals surface area contributed by atoms with Crippen molar-refractivity contribution in [2.24, 2.45) is 4.99 Å². The smallest absolute Gasteiger partial charge is 0.198 e. The van der Waals surface area contributed by atoms with Gasteiger partial charge in [-0.25, -0.2) is 0 Å². The molecule has 0 aliphatic rings. The van der Waals surface area contributed by atoms with Crippen LogP contribution < -0.4 is 0 Å². The SMILES string of the molecule is Oc1[nH]c2ccc(Br)cc2c1C=Nc1cc(Cl)cc(Cl)c1. The van der Waals surface area contributed by atoms with Gasteiger partial charge < -0.3 is 10.1 Å². The standard InChI is InChI=1S/C15H9BrCl2N2O/c16-8-1-2-14-12(3-8)13(15(21)20-14)7-19-11-5-9(17)4-10(18)6-11/h1-7,20-21H. The quantitative estimate of drug-likeness (QED) is 0.548. The van der Waals surface area contributed by atoms with Crippen LogP contribution in [0.5, 0.6) is 5.88 Å². The molecule has 106 valence electrons. The van der Waals surface area contributed by atoms with Gasteiger partial charge in [0.1, 0.15) is 0 Å². The Morgan fingerprint density at radius 1 is 1.10 bits per heavy atom. The fourth-order valence-electron chi connectivity index (χ4n) is 2.05. The Bertz CT molecular complexity index is 838. The van der Waals surface area contributed by atoms with Crippen LogP contribution in [0.4, 0.5) is 5.69 Å². The number of fused-ring (bicyclic) bond motifs is 1. The first-order valence-electron chi connectivity index (χ1n) is 6.03. The van der Waals surface area contributed by atoms with Crippen molar-refractivity contribution in [2.75, 3.05) is 0 Å². The van der Waals surface area contributed by atoms with Crippen LogP contribution in [0.3, 0.4) is 0 Å². The highest BCUT2D eigenvalue weighted by Gasteiger charge is 2.09. The van der Waals surface area contributed by atoms with Gasteiger partial charge in [-0.15, -0.1) is 0 Å². The Balaban J connectivity index is 2.06. The van der Waals surface area contributed by atoms with Gasteiger partial charge in [-0.05, 0) is 36.4 Å². The van der Waals surface area contributed by atoms with Gasteiger partial charge in [0.15, 0.2) is 5.88 Å². The molecule has 0 saturated carbocycles. The number of rotatable bonds is 2. The zero-order valence-corrected chi connectivity index (χ0v) is 13.7. The number of aromatic hydroxyl groups is 1. The predicted molar refractivity (Wildman–Crippen MR) is 91.4 cm³/mol. The third-order valence-electron chi connectivity index (χ3n) is 2.97. The second-order valence-electron chi connectivity index (χ2n) is 4.46. The number of nitrogens with zero attached hydrogens (tertiary/aromatic N) is 1. The second kappa shape index (κ2) is 5.72. The molecule has 0 aliphatic carbocycles. The number of nitrogens with one attached hydrogen (secondary N) is 1. The summed E-state index contributed by atoms with van der Waals surface area (Å²) < 4.78 is 0.925. The molecule has 0 amide bonds. The highest BCUT2D eigenvalue weighted by Crippen LogP contribution is 2.29. The average Bonchev–Trinajstić information content (AvgIpc) is 2.70. The third-order valence-corrected chi connectivity index (χ3v) is 3.90. The molecule has 6 heteroatoms. The van der Waals surface area contributed by atoms with E-state index in [1.807, 2.05) is 18.2 Å². The summed E-state index contributed by atoms with van der Waals surface area (Å²) in [4.78, 5) is 7.23. The molecule has 2 N–H and O–H groups in total. The zero-order valence-electron chi connectivity index (χ0n) is 10.6. The van der Waals surface area contributed by atoms with E-state index in [9.17, 15) is 5.11 Å². The first-order chi connectivity index (χ1) is 10.0. The molecule has 0 aliphatic heterocycles. The largest absolute Gasteiger partial charge is 0.494 e. The molecule has 21 heavy (non-hydrogen) atoms. The summed E-state index contributed by atoms with van der Waals surface area (Å²) in [5, 5.41) is 11.9. The highest BCUT2D eigenvalue weighted by atomic mass is 79.9. The van der Waals surface area contributed by atoms with Gasteiger partial charge in [-0.3, -0.25) is 4.99 Å². The Labute approximate surface area is 139 Å². The molecular formula is C15H9BrCl2N2O.